The first-order valence-electron chi connectivity index (χ1n) is 9.24. The second kappa shape index (κ2) is 7.38. The highest BCUT2D eigenvalue weighted by Gasteiger charge is 2.32. The van der Waals surface area contributed by atoms with Crippen LogP contribution in [-0.2, 0) is 20.0 Å². The lowest BCUT2D eigenvalue weighted by Gasteiger charge is -2.22. The second-order valence-corrected chi connectivity index (χ2v) is 7.06. The molecule has 0 aliphatic heterocycles. The summed E-state index contributed by atoms with van der Waals surface area (Å²) in [4.78, 5) is 22.0. The first kappa shape index (κ1) is 17.5. The third-order valence-electron chi connectivity index (χ3n) is 4.72. The van der Waals surface area contributed by atoms with E-state index in [1.807, 2.05) is 18.1 Å². The van der Waals surface area contributed by atoms with Gasteiger partial charge in [-0.1, -0.05) is 0 Å². The van der Waals surface area contributed by atoms with Gasteiger partial charge in [-0.15, -0.1) is 0 Å². The molecule has 3 aromatic rings. The summed E-state index contributed by atoms with van der Waals surface area (Å²) >= 11 is 0. The normalized spacial score (nSPS) is 13.9. The molecule has 0 radical (unpaired) electrons. The first-order chi connectivity index (χ1) is 13.1. The molecule has 0 atom stereocenters. The van der Waals surface area contributed by atoms with Crippen molar-refractivity contribution >= 4 is 17.1 Å². The Balaban J connectivity index is 1.27. The SMILES string of the molecule is Cn1cc(CN(C(=O)NCCCc2nc3ccc(F)cc3[nH]2)C2CC2)cn1. The molecule has 2 amide bonds. The van der Waals surface area contributed by atoms with Gasteiger partial charge < -0.3 is 15.2 Å². The Labute approximate surface area is 156 Å². The third-order valence-corrected chi connectivity index (χ3v) is 4.72. The molecule has 8 heteroatoms. The van der Waals surface area contributed by atoms with Gasteiger partial charge in [-0.25, -0.2) is 14.2 Å². The molecule has 1 aliphatic rings. The Kier molecular flexibility index (Phi) is 4.79. The molecule has 0 bridgehead atoms. The molecule has 0 unspecified atom stereocenters. The highest BCUT2D eigenvalue weighted by atomic mass is 19.1. The number of benzene rings is 1. The summed E-state index contributed by atoms with van der Waals surface area (Å²) in [5, 5.41) is 7.17. The van der Waals surface area contributed by atoms with Crippen molar-refractivity contribution in [3.8, 4) is 0 Å². The summed E-state index contributed by atoms with van der Waals surface area (Å²) in [6.45, 7) is 1.15. The largest absolute Gasteiger partial charge is 0.342 e. The van der Waals surface area contributed by atoms with Crippen LogP contribution in [0.25, 0.3) is 11.0 Å². The Morgan fingerprint density at radius 3 is 3.04 bits per heavy atom. The second-order valence-electron chi connectivity index (χ2n) is 7.06. The van der Waals surface area contributed by atoms with Crippen molar-refractivity contribution in [2.45, 2.75) is 38.3 Å². The fourth-order valence-corrected chi connectivity index (χ4v) is 3.21. The topological polar surface area (TPSA) is 78.8 Å². The Hall–Kier alpha value is -2.90. The summed E-state index contributed by atoms with van der Waals surface area (Å²) in [7, 11) is 1.87. The minimum Gasteiger partial charge on any atom is -0.342 e. The molecule has 4 rings (SSSR count). The number of imidazole rings is 1. The van der Waals surface area contributed by atoms with Crippen LogP contribution < -0.4 is 5.32 Å². The fraction of sp³-hybridized carbons (Fsp3) is 0.421. The number of urea groups is 1. The molecule has 27 heavy (non-hydrogen) atoms. The monoisotopic (exact) mass is 370 g/mol. The zero-order chi connectivity index (χ0) is 18.8. The minimum absolute atomic E-state index is 0.0342. The number of rotatable bonds is 7. The van der Waals surface area contributed by atoms with E-state index in [0.717, 1.165) is 36.2 Å². The predicted octanol–water partition coefficient (Wildman–Crippen LogP) is 2.74. The van der Waals surface area contributed by atoms with Crippen molar-refractivity contribution < 1.29 is 9.18 Å². The average molecular weight is 370 g/mol. The van der Waals surface area contributed by atoms with Crippen LogP contribution in [0.5, 0.6) is 0 Å². The van der Waals surface area contributed by atoms with Crippen molar-refractivity contribution in [3.63, 3.8) is 0 Å². The molecule has 0 saturated heterocycles. The van der Waals surface area contributed by atoms with Crippen molar-refractivity contribution in [2.75, 3.05) is 6.54 Å². The number of H-pyrrole nitrogens is 1. The number of halogens is 1. The van der Waals surface area contributed by atoms with E-state index >= 15 is 0 Å². The molecule has 0 spiro atoms. The summed E-state index contributed by atoms with van der Waals surface area (Å²) < 4.78 is 15.0. The molecular weight excluding hydrogens is 347 g/mol. The van der Waals surface area contributed by atoms with E-state index in [-0.39, 0.29) is 11.8 Å². The maximum atomic E-state index is 13.2. The number of fused-ring (bicyclic) bond motifs is 1. The van der Waals surface area contributed by atoms with Crippen LogP contribution in [0.1, 0.15) is 30.7 Å². The third kappa shape index (κ3) is 4.27. The molecular formula is C19H23FN6O. The molecule has 2 heterocycles. The number of hydrogen-bond donors (Lipinski definition) is 2. The van der Waals surface area contributed by atoms with Crippen LogP contribution in [0, 0.1) is 5.82 Å². The van der Waals surface area contributed by atoms with Gasteiger partial charge in [-0.2, -0.15) is 5.10 Å². The molecule has 1 aromatic carbocycles. The number of carbonyl (C=O) groups is 1. The number of aromatic amines is 1. The maximum absolute atomic E-state index is 13.2. The number of nitrogens with zero attached hydrogens (tertiary/aromatic N) is 4. The quantitative estimate of drug-likeness (QED) is 0.628. The van der Waals surface area contributed by atoms with E-state index in [9.17, 15) is 9.18 Å². The van der Waals surface area contributed by atoms with Gasteiger partial charge in [-0.05, 0) is 37.5 Å². The van der Waals surface area contributed by atoms with Gasteiger partial charge in [0.1, 0.15) is 11.6 Å². The summed E-state index contributed by atoms with van der Waals surface area (Å²) in [6, 6.07) is 4.81. The Morgan fingerprint density at radius 1 is 1.44 bits per heavy atom. The van der Waals surface area contributed by atoms with Crippen LogP contribution >= 0.6 is 0 Å². The molecule has 142 valence electrons. The molecule has 1 saturated carbocycles. The maximum Gasteiger partial charge on any atom is 0.317 e. The lowest BCUT2D eigenvalue weighted by Crippen LogP contribution is -2.41. The van der Waals surface area contributed by atoms with Gasteiger partial charge in [0, 0.05) is 37.8 Å². The standard InChI is InChI=1S/C19H23FN6O/c1-25-11-13(10-22-25)12-26(15-5-6-15)19(27)21-8-2-3-18-23-16-7-4-14(20)9-17(16)24-18/h4,7,9-11,15H,2-3,5-6,8,12H2,1H3,(H,21,27)(H,23,24). The summed E-state index contributed by atoms with van der Waals surface area (Å²) in [5.74, 6) is 0.526. The molecule has 7 nitrogen and oxygen atoms in total. The Bertz CT molecular complexity index is 945. The smallest absolute Gasteiger partial charge is 0.317 e. The number of carbonyl (C=O) groups excluding carboxylic acids is 1. The predicted molar refractivity (Wildman–Crippen MR) is 99.5 cm³/mol. The van der Waals surface area contributed by atoms with E-state index in [4.69, 9.17) is 0 Å². The fourth-order valence-electron chi connectivity index (χ4n) is 3.21. The van der Waals surface area contributed by atoms with Crippen LogP contribution in [0.3, 0.4) is 0 Å². The first-order valence-corrected chi connectivity index (χ1v) is 9.24. The molecule has 1 fully saturated rings. The van der Waals surface area contributed by atoms with Gasteiger partial charge in [-0.3, -0.25) is 4.68 Å². The van der Waals surface area contributed by atoms with Gasteiger partial charge in [0.05, 0.1) is 23.8 Å². The van der Waals surface area contributed by atoms with Crippen molar-refractivity contribution in [2.24, 2.45) is 7.05 Å². The highest BCUT2D eigenvalue weighted by molar-refractivity contribution is 5.75. The van der Waals surface area contributed by atoms with Crippen molar-refractivity contribution in [3.05, 3.63) is 47.8 Å². The van der Waals surface area contributed by atoms with Gasteiger partial charge in [0.15, 0.2) is 0 Å². The summed E-state index contributed by atoms with van der Waals surface area (Å²) in [6.07, 6.45) is 7.31. The lowest BCUT2D eigenvalue weighted by molar-refractivity contribution is 0.192. The zero-order valence-corrected chi connectivity index (χ0v) is 15.3. The number of amides is 2. The zero-order valence-electron chi connectivity index (χ0n) is 15.3. The summed E-state index contributed by atoms with van der Waals surface area (Å²) in [5.41, 5.74) is 2.49. The van der Waals surface area contributed by atoms with Crippen LogP contribution in [0.15, 0.2) is 30.6 Å². The lowest BCUT2D eigenvalue weighted by atomic mass is 10.3. The van der Waals surface area contributed by atoms with E-state index in [1.165, 1.54) is 12.1 Å². The van der Waals surface area contributed by atoms with Crippen LogP contribution in [0.4, 0.5) is 9.18 Å². The van der Waals surface area contributed by atoms with Crippen LogP contribution in [0.2, 0.25) is 0 Å². The Morgan fingerprint density at radius 2 is 2.30 bits per heavy atom. The average Bonchev–Trinajstić information content (AvgIpc) is 3.27. The van der Waals surface area contributed by atoms with Gasteiger partial charge in [0.25, 0.3) is 0 Å². The molecule has 1 aliphatic carbocycles. The molecule has 2 N–H and O–H groups in total. The molecule has 2 aromatic heterocycles. The van der Waals surface area contributed by atoms with E-state index in [2.05, 4.69) is 20.4 Å². The number of aromatic nitrogens is 4. The van der Waals surface area contributed by atoms with E-state index in [1.54, 1.807) is 16.9 Å². The van der Waals surface area contributed by atoms with Crippen molar-refractivity contribution in [1.82, 2.24) is 30.0 Å². The minimum atomic E-state index is -0.279. The number of nitrogens with one attached hydrogen (secondary N) is 2. The number of hydrogen-bond acceptors (Lipinski definition) is 3. The van der Waals surface area contributed by atoms with Crippen molar-refractivity contribution in [1.29, 1.82) is 0 Å². The highest BCUT2D eigenvalue weighted by Crippen LogP contribution is 2.28. The van der Waals surface area contributed by atoms with Crippen LogP contribution in [-0.4, -0.2) is 43.3 Å². The van der Waals surface area contributed by atoms with E-state index < -0.39 is 0 Å². The van der Waals surface area contributed by atoms with E-state index in [0.29, 0.717) is 31.1 Å². The number of aryl methyl sites for hydroxylation is 2. The van der Waals surface area contributed by atoms with Gasteiger partial charge in [0.2, 0.25) is 0 Å². The van der Waals surface area contributed by atoms with Gasteiger partial charge >= 0.3 is 6.03 Å².